The van der Waals surface area contributed by atoms with E-state index in [1.807, 2.05) is 6.07 Å². The zero-order chi connectivity index (χ0) is 14.4. The quantitative estimate of drug-likeness (QED) is 0.725. The van der Waals surface area contributed by atoms with Crippen LogP contribution in [0, 0.1) is 17.8 Å². The third kappa shape index (κ3) is 4.17. The highest BCUT2D eigenvalue weighted by molar-refractivity contribution is 5.49. The second-order valence-electron chi connectivity index (χ2n) is 6.30. The van der Waals surface area contributed by atoms with Gasteiger partial charge in [-0.05, 0) is 36.2 Å². The van der Waals surface area contributed by atoms with Crippen LogP contribution < -0.4 is 0 Å². The number of carbonyl (C=O) groups is 1. The zero-order valence-electron chi connectivity index (χ0n) is 12.6. The summed E-state index contributed by atoms with van der Waals surface area (Å²) in [4.78, 5) is 10.8. The molecule has 1 aliphatic carbocycles. The van der Waals surface area contributed by atoms with Crippen LogP contribution in [-0.4, -0.2) is 12.4 Å². The first-order chi connectivity index (χ1) is 9.70. The molecule has 4 atom stereocenters. The van der Waals surface area contributed by atoms with E-state index >= 15 is 0 Å². The minimum atomic E-state index is 0.300. The monoisotopic (exact) mass is 274 g/mol. The van der Waals surface area contributed by atoms with Crippen LogP contribution >= 0.6 is 0 Å². The Balaban J connectivity index is 1.95. The Morgan fingerprint density at radius 2 is 2.05 bits per heavy atom. The zero-order valence-corrected chi connectivity index (χ0v) is 12.6. The summed E-state index contributed by atoms with van der Waals surface area (Å²) in [5.41, 5.74) is 1.23. The van der Waals surface area contributed by atoms with Crippen LogP contribution in [0.5, 0.6) is 0 Å². The summed E-state index contributed by atoms with van der Waals surface area (Å²) in [7, 11) is 0. The van der Waals surface area contributed by atoms with Crippen molar-refractivity contribution >= 4 is 6.29 Å². The molecule has 0 aromatic heterocycles. The predicted octanol–water partition coefficient (Wildman–Crippen LogP) is 4.23. The van der Waals surface area contributed by atoms with Crippen molar-refractivity contribution < 1.29 is 9.53 Å². The van der Waals surface area contributed by atoms with Crippen LogP contribution in [0.1, 0.15) is 45.1 Å². The first-order valence-corrected chi connectivity index (χ1v) is 7.80. The van der Waals surface area contributed by atoms with Crippen LogP contribution in [0.15, 0.2) is 30.3 Å². The standard InChI is InChI=1S/C18H26O2/c1-14-8-9-17(15(2)10-11-19)18(12-14)20-13-16-6-4-3-5-7-16/h3-7,11,14-15,17-18H,8-10,12-13H2,1-2H3/t14-,15?,17+,18-/m1/s1. The Kier molecular flexibility index (Phi) is 5.78. The van der Waals surface area contributed by atoms with E-state index in [0.717, 1.165) is 18.6 Å². The summed E-state index contributed by atoms with van der Waals surface area (Å²) in [6.45, 7) is 5.18. The van der Waals surface area contributed by atoms with Crippen molar-refractivity contribution in [2.45, 2.75) is 52.2 Å². The molecule has 0 aliphatic heterocycles. The summed E-state index contributed by atoms with van der Waals surface area (Å²) in [6, 6.07) is 10.3. The maximum absolute atomic E-state index is 10.8. The minimum absolute atomic E-state index is 0.300. The summed E-state index contributed by atoms with van der Waals surface area (Å²) < 4.78 is 6.20. The smallest absolute Gasteiger partial charge is 0.120 e. The first-order valence-electron chi connectivity index (χ1n) is 7.80. The molecule has 0 heterocycles. The average molecular weight is 274 g/mol. The lowest BCUT2D eigenvalue weighted by Gasteiger charge is -2.37. The van der Waals surface area contributed by atoms with E-state index in [2.05, 4.69) is 38.1 Å². The Labute approximate surface area is 122 Å². The molecule has 1 aromatic carbocycles. The SMILES string of the molecule is CC(CC=O)[C@@H]1CC[C@@H](C)C[C@H]1OCc1ccccc1. The van der Waals surface area contributed by atoms with Gasteiger partial charge in [0.05, 0.1) is 12.7 Å². The summed E-state index contributed by atoms with van der Waals surface area (Å²) in [5, 5.41) is 0. The highest BCUT2D eigenvalue weighted by Crippen LogP contribution is 2.36. The molecule has 1 saturated carbocycles. The van der Waals surface area contributed by atoms with Gasteiger partial charge < -0.3 is 9.53 Å². The van der Waals surface area contributed by atoms with Crippen molar-refractivity contribution in [2.24, 2.45) is 17.8 Å². The lowest BCUT2D eigenvalue weighted by molar-refractivity contribution is -0.110. The van der Waals surface area contributed by atoms with Crippen LogP contribution in [0.4, 0.5) is 0 Å². The fourth-order valence-corrected chi connectivity index (χ4v) is 3.30. The molecule has 0 spiro atoms. The van der Waals surface area contributed by atoms with Crippen molar-refractivity contribution in [2.75, 3.05) is 0 Å². The summed E-state index contributed by atoms with van der Waals surface area (Å²) in [6.07, 6.45) is 5.59. The van der Waals surface area contributed by atoms with Crippen LogP contribution in [-0.2, 0) is 16.1 Å². The van der Waals surface area contributed by atoms with Gasteiger partial charge in [0.15, 0.2) is 0 Å². The van der Waals surface area contributed by atoms with E-state index in [-0.39, 0.29) is 0 Å². The van der Waals surface area contributed by atoms with E-state index in [0.29, 0.717) is 31.0 Å². The third-order valence-electron chi connectivity index (χ3n) is 4.61. The molecular weight excluding hydrogens is 248 g/mol. The highest BCUT2D eigenvalue weighted by Gasteiger charge is 2.32. The van der Waals surface area contributed by atoms with Gasteiger partial charge >= 0.3 is 0 Å². The maximum Gasteiger partial charge on any atom is 0.120 e. The molecular formula is C18H26O2. The summed E-state index contributed by atoms with van der Waals surface area (Å²) in [5.74, 6) is 1.69. The molecule has 2 rings (SSSR count). The Hall–Kier alpha value is -1.15. The van der Waals surface area contributed by atoms with Gasteiger partial charge in [0, 0.05) is 6.42 Å². The molecule has 2 heteroatoms. The van der Waals surface area contributed by atoms with Gasteiger partial charge in [0.25, 0.3) is 0 Å². The van der Waals surface area contributed by atoms with Crippen LogP contribution in [0.2, 0.25) is 0 Å². The van der Waals surface area contributed by atoms with Crippen molar-refractivity contribution in [3.05, 3.63) is 35.9 Å². The molecule has 0 radical (unpaired) electrons. The number of ether oxygens (including phenoxy) is 1. The topological polar surface area (TPSA) is 26.3 Å². The van der Waals surface area contributed by atoms with Crippen LogP contribution in [0.3, 0.4) is 0 Å². The maximum atomic E-state index is 10.8. The lowest BCUT2D eigenvalue weighted by atomic mass is 9.74. The van der Waals surface area contributed by atoms with E-state index in [1.165, 1.54) is 18.4 Å². The summed E-state index contributed by atoms with van der Waals surface area (Å²) >= 11 is 0. The fraction of sp³-hybridized carbons (Fsp3) is 0.611. The molecule has 1 unspecified atom stereocenters. The molecule has 0 saturated heterocycles. The van der Waals surface area contributed by atoms with Crippen molar-refractivity contribution in [3.8, 4) is 0 Å². The number of rotatable bonds is 6. The number of carbonyl (C=O) groups excluding carboxylic acids is 1. The first kappa shape index (κ1) is 15.2. The third-order valence-corrected chi connectivity index (χ3v) is 4.61. The van der Waals surface area contributed by atoms with Gasteiger partial charge in [-0.1, -0.05) is 50.6 Å². The van der Waals surface area contributed by atoms with Crippen LogP contribution in [0.25, 0.3) is 0 Å². The lowest BCUT2D eigenvalue weighted by Crippen LogP contribution is -2.35. The van der Waals surface area contributed by atoms with Gasteiger partial charge in [0.2, 0.25) is 0 Å². The number of aldehydes is 1. The fourth-order valence-electron chi connectivity index (χ4n) is 3.30. The molecule has 0 N–H and O–H groups in total. The average Bonchev–Trinajstić information content (AvgIpc) is 2.46. The van der Waals surface area contributed by atoms with Gasteiger partial charge in [-0.2, -0.15) is 0 Å². The van der Waals surface area contributed by atoms with Gasteiger partial charge in [0.1, 0.15) is 6.29 Å². The Morgan fingerprint density at radius 1 is 1.30 bits per heavy atom. The molecule has 0 amide bonds. The largest absolute Gasteiger partial charge is 0.373 e. The molecule has 20 heavy (non-hydrogen) atoms. The van der Waals surface area contributed by atoms with E-state index in [1.54, 1.807) is 0 Å². The molecule has 1 aliphatic rings. The van der Waals surface area contributed by atoms with Gasteiger partial charge in [-0.15, -0.1) is 0 Å². The van der Waals surface area contributed by atoms with Crippen molar-refractivity contribution in [1.29, 1.82) is 0 Å². The van der Waals surface area contributed by atoms with E-state index in [4.69, 9.17) is 4.74 Å². The number of hydrogen-bond donors (Lipinski definition) is 0. The molecule has 110 valence electrons. The Morgan fingerprint density at radius 3 is 2.75 bits per heavy atom. The molecule has 0 bridgehead atoms. The Bertz CT molecular complexity index is 401. The number of hydrogen-bond acceptors (Lipinski definition) is 2. The predicted molar refractivity (Wildman–Crippen MR) is 81.4 cm³/mol. The van der Waals surface area contributed by atoms with Gasteiger partial charge in [-0.3, -0.25) is 0 Å². The van der Waals surface area contributed by atoms with E-state index < -0.39 is 0 Å². The van der Waals surface area contributed by atoms with E-state index in [9.17, 15) is 4.79 Å². The minimum Gasteiger partial charge on any atom is -0.373 e. The second-order valence-corrected chi connectivity index (χ2v) is 6.30. The molecule has 1 fully saturated rings. The normalized spacial score (nSPS) is 28.0. The second kappa shape index (κ2) is 7.58. The molecule has 1 aromatic rings. The number of benzene rings is 1. The van der Waals surface area contributed by atoms with Crippen molar-refractivity contribution in [3.63, 3.8) is 0 Å². The highest BCUT2D eigenvalue weighted by atomic mass is 16.5. The molecule has 2 nitrogen and oxygen atoms in total. The van der Waals surface area contributed by atoms with Gasteiger partial charge in [-0.25, -0.2) is 0 Å². The van der Waals surface area contributed by atoms with Crippen molar-refractivity contribution in [1.82, 2.24) is 0 Å².